The summed E-state index contributed by atoms with van der Waals surface area (Å²) >= 11 is 0. The maximum Gasteiger partial charge on any atom is 0.322 e. The Kier molecular flexibility index (Phi) is 4.56. The molecule has 6 nitrogen and oxygen atoms in total. The SMILES string of the molecule is COc1ccccc1NC(=O)N1CCC[C@H]1c1ccc2c(c1)OCCO2. The predicted molar refractivity (Wildman–Crippen MR) is 98.1 cm³/mol. The highest BCUT2D eigenvalue weighted by Crippen LogP contribution is 2.38. The Labute approximate surface area is 152 Å². The van der Waals surface area contributed by atoms with Gasteiger partial charge >= 0.3 is 6.03 Å². The molecule has 136 valence electrons. The average molecular weight is 354 g/mol. The molecule has 2 aliphatic heterocycles. The Morgan fingerprint density at radius 1 is 1.15 bits per heavy atom. The van der Waals surface area contributed by atoms with Gasteiger partial charge in [-0.1, -0.05) is 18.2 Å². The quantitative estimate of drug-likeness (QED) is 0.910. The molecule has 2 aromatic carbocycles. The lowest BCUT2D eigenvalue weighted by Gasteiger charge is -2.27. The van der Waals surface area contributed by atoms with Crippen LogP contribution in [0.2, 0.25) is 0 Å². The first-order valence-electron chi connectivity index (χ1n) is 8.86. The van der Waals surface area contributed by atoms with Crippen molar-refractivity contribution >= 4 is 11.7 Å². The van der Waals surface area contributed by atoms with Gasteiger partial charge < -0.3 is 24.4 Å². The zero-order chi connectivity index (χ0) is 17.9. The minimum absolute atomic E-state index is 0.0283. The van der Waals surface area contributed by atoms with Crippen LogP contribution in [0.4, 0.5) is 10.5 Å². The minimum Gasteiger partial charge on any atom is -0.495 e. The summed E-state index contributed by atoms with van der Waals surface area (Å²) in [5.74, 6) is 2.17. The van der Waals surface area contributed by atoms with Gasteiger partial charge in [-0.25, -0.2) is 4.79 Å². The van der Waals surface area contributed by atoms with Gasteiger partial charge in [-0.3, -0.25) is 0 Å². The largest absolute Gasteiger partial charge is 0.495 e. The number of hydrogen-bond acceptors (Lipinski definition) is 4. The number of fused-ring (bicyclic) bond motifs is 1. The van der Waals surface area contributed by atoms with Crippen LogP contribution in [0.5, 0.6) is 17.2 Å². The molecule has 4 rings (SSSR count). The number of hydrogen-bond donors (Lipinski definition) is 1. The van der Waals surface area contributed by atoms with Crippen molar-refractivity contribution in [3.8, 4) is 17.2 Å². The fourth-order valence-electron chi connectivity index (χ4n) is 3.56. The Hall–Kier alpha value is -2.89. The fourth-order valence-corrected chi connectivity index (χ4v) is 3.56. The number of anilines is 1. The lowest BCUT2D eigenvalue weighted by Crippen LogP contribution is -2.34. The van der Waals surface area contributed by atoms with Crippen LogP contribution >= 0.6 is 0 Å². The normalized spacial score (nSPS) is 18.5. The summed E-state index contributed by atoms with van der Waals surface area (Å²) in [6, 6.07) is 13.3. The number of nitrogens with one attached hydrogen (secondary N) is 1. The lowest BCUT2D eigenvalue weighted by atomic mass is 10.0. The van der Waals surface area contributed by atoms with Crippen LogP contribution in [0, 0.1) is 0 Å². The second kappa shape index (κ2) is 7.15. The summed E-state index contributed by atoms with van der Waals surface area (Å²) in [6.07, 6.45) is 1.90. The molecule has 1 N–H and O–H groups in total. The second-order valence-electron chi connectivity index (χ2n) is 6.38. The first kappa shape index (κ1) is 16.6. The molecule has 1 atom stereocenters. The highest BCUT2D eigenvalue weighted by Gasteiger charge is 2.31. The topological polar surface area (TPSA) is 60.0 Å². The van der Waals surface area contributed by atoms with Crippen molar-refractivity contribution in [3.05, 3.63) is 48.0 Å². The Bertz CT molecular complexity index is 808. The summed E-state index contributed by atoms with van der Waals surface area (Å²) in [4.78, 5) is 14.7. The van der Waals surface area contributed by atoms with E-state index >= 15 is 0 Å². The summed E-state index contributed by atoms with van der Waals surface area (Å²) < 4.78 is 16.6. The van der Waals surface area contributed by atoms with E-state index in [1.807, 2.05) is 47.4 Å². The number of benzene rings is 2. The van der Waals surface area contributed by atoms with Gasteiger partial charge in [0, 0.05) is 6.54 Å². The van der Waals surface area contributed by atoms with Crippen molar-refractivity contribution in [3.63, 3.8) is 0 Å². The minimum atomic E-state index is -0.119. The molecule has 0 saturated carbocycles. The number of likely N-dealkylation sites (tertiary alicyclic amines) is 1. The zero-order valence-electron chi connectivity index (χ0n) is 14.7. The summed E-state index contributed by atoms with van der Waals surface area (Å²) in [5.41, 5.74) is 1.75. The number of para-hydroxylation sites is 2. The lowest BCUT2D eigenvalue weighted by molar-refractivity contribution is 0.170. The second-order valence-corrected chi connectivity index (χ2v) is 6.38. The summed E-state index contributed by atoms with van der Waals surface area (Å²) in [5, 5.41) is 2.97. The van der Waals surface area contributed by atoms with Crippen LogP contribution in [-0.4, -0.2) is 37.8 Å². The maximum absolute atomic E-state index is 12.9. The number of carbonyl (C=O) groups excluding carboxylic acids is 1. The molecular formula is C20H22N2O4. The fraction of sp³-hybridized carbons (Fsp3) is 0.350. The monoisotopic (exact) mass is 354 g/mol. The number of amides is 2. The highest BCUT2D eigenvalue weighted by molar-refractivity contribution is 5.91. The van der Waals surface area contributed by atoms with Crippen LogP contribution < -0.4 is 19.5 Å². The van der Waals surface area contributed by atoms with Crippen LogP contribution in [0.15, 0.2) is 42.5 Å². The molecule has 0 bridgehead atoms. The third kappa shape index (κ3) is 3.14. The van der Waals surface area contributed by atoms with Gasteiger partial charge in [0.1, 0.15) is 19.0 Å². The number of ether oxygens (including phenoxy) is 3. The molecule has 6 heteroatoms. The summed E-state index contributed by atoms with van der Waals surface area (Å²) in [6.45, 7) is 1.85. The Morgan fingerprint density at radius 2 is 1.96 bits per heavy atom. The van der Waals surface area contributed by atoms with Gasteiger partial charge in [0.2, 0.25) is 0 Å². The van der Waals surface area contributed by atoms with E-state index in [-0.39, 0.29) is 12.1 Å². The van der Waals surface area contributed by atoms with Gasteiger partial charge in [-0.15, -0.1) is 0 Å². The maximum atomic E-state index is 12.9. The van der Waals surface area contributed by atoms with Crippen molar-refractivity contribution in [1.29, 1.82) is 0 Å². The molecule has 2 aliphatic rings. The molecule has 2 aromatic rings. The molecule has 0 aliphatic carbocycles. The van der Waals surface area contributed by atoms with Crippen molar-refractivity contribution in [2.45, 2.75) is 18.9 Å². The number of nitrogens with zero attached hydrogens (tertiary/aromatic N) is 1. The molecule has 26 heavy (non-hydrogen) atoms. The Morgan fingerprint density at radius 3 is 2.81 bits per heavy atom. The van der Waals surface area contributed by atoms with E-state index in [2.05, 4.69) is 5.32 Å². The molecular weight excluding hydrogens is 332 g/mol. The Balaban J connectivity index is 1.54. The smallest absolute Gasteiger partial charge is 0.322 e. The molecule has 0 aromatic heterocycles. The molecule has 0 spiro atoms. The standard InChI is InChI=1S/C20H22N2O4/c1-24-17-7-3-2-5-15(17)21-20(23)22-10-4-6-16(22)14-8-9-18-19(13-14)26-12-11-25-18/h2-3,5,7-9,13,16H,4,6,10-12H2,1H3,(H,21,23)/t16-/m0/s1. The van der Waals surface area contributed by atoms with E-state index in [1.165, 1.54) is 0 Å². The summed E-state index contributed by atoms with van der Waals surface area (Å²) in [7, 11) is 1.60. The van der Waals surface area contributed by atoms with E-state index in [9.17, 15) is 4.79 Å². The van der Waals surface area contributed by atoms with Crippen molar-refractivity contribution in [2.24, 2.45) is 0 Å². The van der Waals surface area contributed by atoms with Gasteiger partial charge in [0.05, 0.1) is 18.8 Å². The van der Waals surface area contributed by atoms with Crippen LogP contribution in [-0.2, 0) is 0 Å². The van der Waals surface area contributed by atoms with Gasteiger partial charge in [0.25, 0.3) is 0 Å². The van der Waals surface area contributed by atoms with E-state index in [0.717, 1.165) is 36.4 Å². The molecule has 1 saturated heterocycles. The number of rotatable bonds is 3. The van der Waals surface area contributed by atoms with E-state index in [4.69, 9.17) is 14.2 Å². The number of methoxy groups -OCH3 is 1. The van der Waals surface area contributed by atoms with E-state index in [0.29, 0.717) is 24.7 Å². The molecule has 1 fully saturated rings. The number of carbonyl (C=O) groups is 1. The molecule has 0 radical (unpaired) electrons. The highest BCUT2D eigenvalue weighted by atomic mass is 16.6. The van der Waals surface area contributed by atoms with Crippen molar-refractivity contribution in [1.82, 2.24) is 4.90 Å². The average Bonchev–Trinajstić information content (AvgIpc) is 3.18. The molecule has 2 amide bonds. The first-order valence-corrected chi connectivity index (χ1v) is 8.86. The van der Waals surface area contributed by atoms with Gasteiger partial charge in [-0.2, -0.15) is 0 Å². The van der Waals surface area contributed by atoms with Gasteiger partial charge in [-0.05, 0) is 42.7 Å². The van der Waals surface area contributed by atoms with Gasteiger partial charge in [0.15, 0.2) is 11.5 Å². The van der Waals surface area contributed by atoms with E-state index < -0.39 is 0 Å². The number of urea groups is 1. The van der Waals surface area contributed by atoms with Crippen LogP contribution in [0.1, 0.15) is 24.4 Å². The molecule has 2 heterocycles. The third-order valence-corrected chi connectivity index (χ3v) is 4.81. The van der Waals surface area contributed by atoms with Crippen LogP contribution in [0.3, 0.4) is 0 Å². The predicted octanol–water partition coefficient (Wildman–Crippen LogP) is 3.84. The van der Waals surface area contributed by atoms with Crippen molar-refractivity contribution < 1.29 is 19.0 Å². The first-order chi connectivity index (χ1) is 12.8. The zero-order valence-corrected chi connectivity index (χ0v) is 14.7. The van der Waals surface area contributed by atoms with Crippen LogP contribution in [0.25, 0.3) is 0 Å². The van der Waals surface area contributed by atoms with E-state index in [1.54, 1.807) is 7.11 Å². The molecule has 0 unspecified atom stereocenters. The van der Waals surface area contributed by atoms with Crippen molar-refractivity contribution in [2.75, 3.05) is 32.2 Å². The third-order valence-electron chi connectivity index (χ3n) is 4.81.